The molecule has 1 aliphatic rings. The molecule has 0 aliphatic carbocycles. The molecule has 0 unspecified atom stereocenters. The lowest BCUT2D eigenvalue weighted by Gasteiger charge is -2.13. The molecule has 5 nitrogen and oxygen atoms in total. The maximum atomic E-state index is 11.0. The number of likely N-dealkylation sites (tertiary alicyclic amines) is 1. The Balaban J connectivity index is 0.000000364. The van der Waals surface area contributed by atoms with Gasteiger partial charge in [-0.2, -0.15) is 0 Å². The van der Waals surface area contributed by atoms with Crippen molar-refractivity contribution in [3.8, 4) is 0 Å². The summed E-state index contributed by atoms with van der Waals surface area (Å²) in [6.07, 6.45) is 2.36. The third-order valence-electron chi connectivity index (χ3n) is 1.95. The van der Waals surface area contributed by atoms with Crippen molar-refractivity contribution in [1.29, 1.82) is 0 Å². The van der Waals surface area contributed by atoms with Gasteiger partial charge in [-0.3, -0.25) is 4.79 Å². The Labute approximate surface area is 83.3 Å². The van der Waals surface area contributed by atoms with Crippen LogP contribution in [0.4, 0.5) is 4.79 Å². The largest absolute Gasteiger partial charge is 0.503 e. The molecule has 1 rings (SSSR count). The van der Waals surface area contributed by atoms with Crippen molar-refractivity contribution < 1.29 is 19.8 Å². The van der Waals surface area contributed by atoms with Crippen LogP contribution in [0, 0.1) is 0 Å². The fourth-order valence-corrected chi connectivity index (χ4v) is 1.29. The van der Waals surface area contributed by atoms with E-state index < -0.39 is 6.16 Å². The minimum absolute atomic E-state index is 0.355. The zero-order valence-corrected chi connectivity index (χ0v) is 8.40. The van der Waals surface area contributed by atoms with Crippen LogP contribution in [0.3, 0.4) is 0 Å². The Hall–Kier alpha value is -1.26. The highest BCUT2D eigenvalue weighted by Gasteiger charge is 2.18. The normalized spacial score (nSPS) is 14.9. The number of hydrogen-bond donors (Lipinski definition) is 2. The van der Waals surface area contributed by atoms with Gasteiger partial charge in [-0.05, 0) is 12.8 Å². The van der Waals surface area contributed by atoms with Gasteiger partial charge in [-0.25, -0.2) is 4.79 Å². The maximum Gasteiger partial charge on any atom is 0.503 e. The molecule has 0 aromatic heterocycles. The highest BCUT2D eigenvalue weighted by Crippen LogP contribution is 2.09. The quantitative estimate of drug-likeness (QED) is 0.730. The van der Waals surface area contributed by atoms with Gasteiger partial charge >= 0.3 is 6.16 Å². The summed E-state index contributed by atoms with van der Waals surface area (Å²) < 4.78 is 0. The molecule has 1 heterocycles. The topological polar surface area (TPSA) is 77.8 Å². The van der Waals surface area contributed by atoms with Crippen molar-refractivity contribution in [2.75, 3.05) is 13.1 Å². The first kappa shape index (κ1) is 12.7. The molecule has 1 aliphatic heterocycles. The summed E-state index contributed by atoms with van der Waals surface area (Å²) in [5.74, 6) is 0.355. The lowest BCUT2D eigenvalue weighted by Crippen LogP contribution is -2.25. The van der Waals surface area contributed by atoms with Crippen molar-refractivity contribution in [3.05, 3.63) is 0 Å². The Bertz CT molecular complexity index is 189. The molecule has 1 fully saturated rings. The van der Waals surface area contributed by atoms with Gasteiger partial charge in [-0.1, -0.05) is 13.3 Å². The maximum absolute atomic E-state index is 11.0. The van der Waals surface area contributed by atoms with Gasteiger partial charge in [0.05, 0.1) is 0 Å². The molecule has 5 heteroatoms. The molecule has 82 valence electrons. The summed E-state index contributed by atoms with van der Waals surface area (Å²) in [6.45, 7) is 4.13. The van der Waals surface area contributed by atoms with E-state index >= 15 is 0 Å². The van der Waals surface area contributed by atoms with Crippen LogP contribution in [-0.4, -0.2) is 40.3 Å². The van der Waals surface area contributed by atoms with E-state index in [1.807, 2.05) is 4.90 Å². The molecule has 1 saturated heterocycles. The average Bonchev–Trinajstić information content (AvgIpc) is 2.47. The molecular formula is C9H17NO4. The van der Waals surface area contributed by atoms with Gasteiger partial charge < -0.3 is 15.1 Å². The second-order valence-corrected chi connectivity index (χ2v) is 3.12. The van der Waals surface area contributed by atoms with Gasteiger partial charge in [0.1, 0.15) is 0 Å². The molecule has 0 saturated carbocycles. The molecule has 0 aromatic rings. The molecule has 14 heavy (non-hydrogen) atoms. The number of hydrogen-bond acceptors (Lipinski definition) is 2. The third-order valence-corrected chi connectivity index (χ3v) is 1.95. The summed E-state index contributed by atoms with van der Waals surface area (Å²) in [5, 5.41) is 13.9. The van der Waals surface area contributed by atoms with Crippen LogP contribution < -0.4 is 0 Å². The predicted octanol–water partition coefficient (Wildman–Crippen LogP) is 1.63. The number of unbranched alkanes of at least 4 members (excludes halogenated alkanes) is 1. The molecule has 2 N–H and O–H groups in total. The highest BCUT2D eigenvalue weighted by molar-refractivity contribution is 5.77. The van der Waals surface area contributed by atoms with E-state index in [-0.39, 0.29) is 0 Å². The molecule has 0 bridgehead atoms. The molecular weight excluding hydrogens is 186 g/mol. The minimum atomic E-state index is -1.83. The van der Waals surface area contributed by atoms with Crippen LogP contribution >= 0.6 is 0 Å². The van der Waals surface area contributed by atoms with Crippen LogP contribution in [0.1, 0.15) is 32.6 Å². The smallest absolute Gasteiger partial charge is 0.450 e. The van der Waals surface area contributed by atoms with E-state index in [1.54, 1.807) is 0 Å². The Morgan fingerprint density at radius 2 is 2.07 bits per heavy atom. The number of carboxylic acid groups (broad SMARTS) is 2. The number of rotatable bonds is 3. The minimum Gasteiger partial charge on any atom is -0.450 e. The van der Waals surface area contributed by atoms with Crippen molar-refractivity contribution in [3.63, 3.8) is 0 Å². The molecule has 0 atom stereocenters. The van der Waals surface area contributed by atoms with Gasteiger partial charge in [0.25, 0.3) is 0 Å². The fraction of sp³-hybridized carbons (Fsp3) is 0.778. The van der Waals surface area contributed by atoms with Crippen molar-refractivity contribution in [2.45, 2.75) is 32.6 Å². The lowest BCUT2D eigenvalue weighted by atomic mass is 10.3. The Kier molecular flexibility index (Phi) is 6.53. The molecule has 1 amide bonds. The van der Waals surface area contributed by atoms with Crippen LogP contribution in [0.15, 0.2) is 0 Å². The zero-order valence-electron chi connectivity index (χ0n) is 8.40. The lowest BCUT2D eigenvalue weighted by molar-refractivity contribution is -0.127. The van der Waals surface area contributed by atoms with E-state index in [0.717, 1.165) is 32.4 Å². The van der Waals surface area contributed by atoms with Gasteiger partial charge in [0, 0.05) is 19.5 Å². The van der Waals surface area contributed by atoms with Crippen molar-refractivity contribution >= 4 is 12.1 Å². The number of carbonyl (C=O) groups is 2. The standard InChI is InChI=1S/C8H15NO.CH2O3/c1-2-3-6-9-7-4-5-8(9)10;2-1(3)4/h2-7H2,1H3;(H2,2,3,4). The Morgan fingerprint density at radius 3 is 2.43 bits per heavy atom. The van der Waals surface area contributed by atoms with Gasteiger partial charge in [0.2, 0.25) is 5.91 Å². The first-order chi connectivity index (χ1) is 6.57. The summed E-state index contributed by atoms with van der Waals surface area (Å²) in [7, 11) is 0. The summed E-state index contributed by atoms with van der Waals surface area (Å²) >= 11 is 0. The van der Waals surface area contributed by atoms with Crippen molar-refractivity contribution in [2.24, 2.45) is 0 Å². The van der Waals surface area contributed by atoms with Gasteiger partial charge in [-0.15, -0.1) is 0 Å². The second-order valence-electron chi connectivity index (χ2n) is 3.12. The zero-order chi connectivity index (χ0) is 11.0. The Morgan fingerprint density at radius 1 is 1.50 bits per heavy atom. The number of carbonyl (C=O) groups excluding carboxylic acids is 1. The fourth-order valence-electron chi connectivity index (χ4n) is 1.29. The van der Waals surface area contributed by atoms with E-state index in [0.29, 0.717) is 5.91 Å². The van der Waals surface area contributed by atoms with Crippen LogP contribution in [0.5, 0.6) is 0 Å². The first-order valence-electron chi connectivity index (χ1n) is 4.77. The van der Waals surface area contributed by atoms with Crippen molar-refractivity contribution in [1.82, 2.24) is 4.90 Å². The summed E-state index contributed by atoms with van der Waals surface area (Å²) in [4.78, 5) is 21.5. The SMILES string of the molecule is CCCCN1CCCC1=O.O=C(O)O. The molecule has 0 aromatic carbocycles. The third kappa shape index (κ3) is 6.28. The van der Waals surface area contributed by atoms with E-state index in [4.69, 9.17) is 15.0 Å². The van der Waals surface area contributed by atoms with Crippen LogP contribution in [-0.2, 0) is 4.79 Å². The average molecular weight is 203 g/mol. The number of amides is 1. The predicted molar refractivity (Wildman–Crippen MR) is 51.4 cm³/mol. The van der Waals surface area contributed by atoms with Crippen LogP contribution in [0.2, 0.25) is 0 Å². The highest BCUT2D eigenvalue weighted by atomic mass is 16.6. The first-order valence-corrected chi connectivity index (χ1v) is 4.77. The van der Waals surface area contributed by atoms with E-state index in [1.165, 1.54) is 6.42 Å². The number of nitrogens with zero attached hydrogens (tertiary/aromatic N) is 1. The van der Waals surface area contributed by atoms with Crippen LogP contribution in [0.25, 0.3) is 0 Å². The summed E-state index contributed by atoms with van der Waals surface area (Å²) in [5.41, 5.74) is 0. The molecule has 0 radical (unpaired) electrons. The van der Waals surface area contributed by atoms with E-state index in [9.17, 15) is 4.79 Å². The van der Waals surface area contributed by atoms with Gasteiger partial charge in [0.15, 0.2) is 0 Å². The monoisotopic (exact) mass is 203 g/mol. The summed E-state index contributed by atoms with van der Waals surface area (Å²) in [6, 6.07) is 0. The molecule has 0 spiro atoms. The second kappa shape index (κ2) is 7.17. The van der Waals surface area contributed by atoms with E-state index in [2.05, 4.69) is 6.92 Å².